The molecule has 0 bridgehead atoms. The van der Waals surface area contributed by atoms with Crippen molar-refractivity contribution < 1.29 is 9.53 Å². The number of rotatable bonds is 2. The number of nitrogens with two attached hydrogens (primary N) is 1. The van der Waals surface area contributed by atoms with E-state index >= 15 is 0 Å². The molecule has 1 aliphatic rings. The molecule has 6 heteroatoms. The number of aromatic amines is 1. The maximum atomic E-state index is 11.8. The monoisotopic (exact) mass is 224 g/mol. The van der Waals surface area contributed by atoms with Crippen molar-refractivity contribution in [3.63, 3.8) is 0 Å². The van der Waals surface area contributed by atoms with Gasteiger partial charge in [-0.3, -0.25) is 9.89 Å². The van der Waals surface area contributed by atoms with Crippen LogP contribution in [0.1, 0.15) is 30.3 Å². The van der Waals surface area contributed by atoms with Gasteiger partial charge in [-0.25, -0.2) is 0 Å². The number of H-pyrrole nitrogens is 1. The van der Waals surface area contributed by atoms with Crippen molar-refractivity contribution in [1.29, 1.82) is 0 Å². The van der Waals surface area contributed by atoms with E-state index in [1.807, 2.05) is 6.92 Å². The summed E-state index contributed by atoms with van der Waals surface area (Å²) in [5.74, 6) is 0.118. The highest BCUT2D eigenvalue weighted by Crippen LogP contribution is 2.18. The molecule has 0 saturated carbocycles. The van der Waals surface area contributed by atoms with Gasteiger partial charge in [0.2, 0.25) is 0 Å². The number of aromatic nitrogens is 2. The summed E-state index contributed by atoms with van der Waals surface area (Å²) in [7, 11) is 0. The molecule has 1 aromatic rings. The molecule has 0 aliphatic carbocycles. The van der Waals surface area contributed by atoms with Crippen LogP contribution in [-0.4, -0.2) is 34.9 Å². The van der Waals surface area contributed by atoms with Gasteiger partial charge >= 0.3 is 0 Å². The number of carbonyl (C=O) groups excluding carboxylic acids is 1. The molecule has 1 aliphatic heterocycles. The predicted octanol–water partition coefficient (Wildman–Crippen LogP) is 0.291. The summed E-state index contributed by atoms with van der Waals surface area (Å²) in [4.78, 5) is 11.8. The maximum Gasteiger partial charge on any atom is 0.269 e. The summed E-state index contributed by atoms with van der Waals surface area (Å²) in [6.45, 7) is 3.29. The lowest BCUT2D eigenvalue weighted by molar-refractivity contribution is 0.0271. The number of hydrogen-bond acceptors (Lipinski definition) is 4. The second kappa shape index (κ2) is 4.13. The molecule has 1 atom stereocenters. The average molecular weight is 224 g/mol. The van der Waals surface area contributed by atoms with Gasteiger partial charge in [0, 0.05) is 12.7 Å². The van der Waals surface area contributed by atoms with Crippen molar-refractivity contribution in [2.75, 3.05) is 18.9 Å². The topological polar surface area (TPSA) is 93.0 Å². The van der Waals surface area contributed by atoms with Crippen LogP contribution in [0.5, 0.6) is 0 Å². The van der Waals surface area contributed by atoms with E-state index in [9.17, 15) is 4.79 Å². The molecule has 2 rings (SSSR count). The second-order valence-corrected chi connectivity index (χ2v) is 4.38. The van der Waals surface area contributed by atoms with Crippen LogP contribution in [0, 0.1) is 0 Å². The van der Waals surface area contributed by atoms with Gasteiger partial charge in [0.05, 0.1) is 12.1 Å². The summed E-state index contributed by atoms with van der Waals surface area (Å²) < 4.78 is 5.36. The lowest BCUT2D eigenvalue weighted by Crippen LogP contribution is -2.51. The van der Waals surface area contributed by atoms with E-state index in [2.05, 4.69) is 15.5 Å². The number of nitrogens with one attached hydrogen (secondary N) is 2. The molecular formula is C10H16N4O2. The third-order valence-electron chi connectivity index (χ3n) is 2.70. The van der Waals surface area contributed by atoms with Crippen LogP contribution in [0.15, 0.2) is 6.07 Å². The third-order valence-corrected chi connectivity index (χ3v) is 2.70. The highest BCUT2D eigenvalue weighted by Gasteiger charge is 2.29. The Morgan fingerprint density at radius 2 is 2.56 bits per heavy atom. The molecule has 0 radical (unpaired) electrons. The molecule has 1 amide bonds. The summed E-state index contributed by atoms with van der Waals surface area (Å²) in [5.41, 5.74) is 5.52. The number of amides is 1. The first-order valence-corrected chi connectivity index (χ1v) is 5.30. The molecule has 2 heterocycles. The molecular weight excluding hydrogens is 208 g/mol. The molecule has 0 aromatic carbocycles. The third kappa shape index (κ3) is 2.33. The van der Waals surface area contributed by atoms with Gasteiger partial charge in [0.1, 0.15) is 11.5 Å². The van der Waals surface area contributed by atoms with Gasteiger partial charge in [0.25, 0.3) is 5.91 Å². The van der Waals surface area contributed by atoms with Crippen molar-refractivity contribution in [2.45, 2.75) is 25.3 Å². The quantitative estimate of drug-likeness (QED) is 0.673. The number of carbonyl (C=O) groups is 1. The minimum absolute atomic E-state index is 0.197. The normalized spacial score (nSPS) is 25.3. The largest absolute Gasteiger partial charge is 0.382 e. The number of nitrogen functional groups attached to an aromatic ring is 1. The van der Waals surface area contributed by atoms with Crippen LogP contribution in [0.2, 0.25) is 0 Å². The molecule has 1 saturated heterocycles. The fourth-order valence-electron chi connectivity index (χ4n) is 1.83. The predicted molar refractivity (Wildman–Crippen MR) is 58.9 cm³/mol. The zero-order chi connectivity index (χ0) is 11.6. The summed E-state index contributed by atoms with van der Waals surface area (Å²) in [5, 5.41) is 9.23. The fraction of sp³-hybridized carbons (Fsp3) is 0.600. The average Bonchev–Trinajstić information content (AvgIpc) is 2.65. The van der Waals surface area contributed by atoms with Gasteiger partial charge in [-0.15, -0.1) is 0 Å². The smallest absolute Gasteiger partial charge is 0.269 e. The Morgan fingerprint density at radius 3 is 3.12 bits per heavy atom. The molecule has 4 N–H and O–H groups in total. The fourth-order valence-corrected chi connectivity index (χ4v) is 1.83. The minimum Gasteiger partial charge on any atom is -0.382 e. The minimum atomic E-state index is -0.296. The molecule has 1 unspecified atom stereocenters. The summed E-state index contributed by atoms with van der Waals surface area (Å²) in [6, 6.07) is 1.52. The van der Waals surface area contributed by atoms with Crippen molar-refractivity contribution in [3.05, 3.63) is 11.8 Å². The van der Waals surface area contributed by atoms with Gasteiger partial charge in [0.15, 0.2) is 0 Å². The lowest BCUT2D eigenvalue weighted by atomic mass is 9.95. The zero-order valence-corrected chi connectivity index (χ0v) is 9.25. The van der Waals surface area contributed by atoms with Crippen LogP contribution in [0.25, 0.3) is 0 Å². The Kier molecular flexibility index (Phi) is 2.82. The van der Waals surface area contributed by atoms with Crippen molar-refractivity contribution in [1.82, 2.24) is 15.5 Å². The van der Waals surface area contributed by atoms with Crippen molar-refractivity contribution in [3.8, 4) is 0 Å². The molecule has 6 nitrogen and oxygen atoms in total. The Labute approximate surface area is 93.5 Å². The molecule has 0 spiro atoms. The SMILES string of the molecule is CC1(NC(=O)c2cc(N)n[nH]2)CCCOC1. The first-order valence-electron chi connectivity index (χ1n) is 5.30. The van der Waals surface area contributed by atoms with Gasteiger partial charge in [-0.1, -0.05) is 0 Å². The Morgan fingerprint density at radius 1 is 1.75 bits per heavy atom. The van der Waals surface area contributed by atoms with Gasteiger partial charge in [-0.2, -0.15) is 5.10 Å². The first kappa shape index (κ1) is 10.9. The number of nitrogens with zero attached hydrogens (tertiary/aromatic N) is 1. The Hall–Kier alpha value is -1.56. The van der Waals surface area contributed by atoms with Crippen molar-refractivity contribution in [2.24, 2.45) is 0 Å². The molecule has 1 aromatic heterocycles. The van der Waals surface area contributed by atoms with Crippen LogP contribution in [0.3, 0.4) is 0 Å². The number of hydrogen-bond donors (Lipinski definition) is 3. The highest BCUT2D eigenvalue weighted by atomic mass is 16.5. The highest BCUT2D eigenvalue weighted by molar-refractivity contribution is 5.93. The summed E-state index contributed by atoms with van der Waals surface area (Å²) in [6.07, 6.45) is 1.88. The zero-order valence-electron chi connectivity index (χ0n) is 9.25. The Balaban J connectivity index is 2.01. The molecule has 16 heavy (non-hydrogen) atoms. The maximum absolute atomic E-state index is 11.8. The van der Waals surface area contributed by atoms with E-state index in [0.717, 1.165) is 19.4 Å². The molecule has 88 valence electrons. The van der Waals surface area contributed by atoms with Crippen LogP contribution >= 0.6 is 0 Å². The van der Waals surface area contributed by atoms with Crippen molar-refractivity contribution >= 4 is 11.7 Å². The van der Waals surface area contributed by atoms with Crippen LogP contribution in [0.4, 0.5) is 5.82 Å². The summed E-state index contributed by atoms with van der Waals surface area (Å²) >= 11 is 0. The van der Waals surface area contributed by atoms with E-state index in [-0.39, 0.29) is 11.4 Å². The van der Waals surface area contributed by atoms with E-state index < -0.39 is 0 Å². The number of anilines is 1. The van der Waals surface area contributed by atoms with E-state index in [4.69, 9.17) is 10.5 Å². The lowest BCUT2D eigenvalue weighted by Gasteiger charge is -2.34. The standard InChI is InChI=1S/C10H16N4O2/c1-10(3-2-4-16-6-10)12-9(15)7-5-8(11)14-13-7/h5H,2-4,6H2,1H3,(H,12,15)(H3,11,13,14). The Bertz CT molecular complexity index is 382. The first-order chi connectivity index (χ1) is 7.59. The van der Waals surface area contributed by atoms with Crippen LogP contribution in [-0.2, 0) is 4.74 Å². The number of ether oxygens (including phenoxy) is 1. The van der Waals surface area contributed by atoms with E-state index in [0.29, 0.717) is 18.1 Å². The van der Waals surface area contributed by atoms with Crippen LogP contribution < -0.4 is 11.1 Å². The van der Waals surface area contributed by atoms with E-state index in [1.165, 1.54) is 6.07 Å². The van der Waals surface area contributed by atoms with E-state index in [1.54, 1.807) is 0 Å². The van der Waals surface area contributed by atoms with Gasteiger partial charge < -0.3 is 15.8 Å². The second-order valence-electron chi connectivity index (χ2n) is 4.38. The van der Waals surface area contributed by atoms with Gasteiger partial charge in [-0.05, 0) is 19.8 Å². The molecule has 1 fully saturated rings.